The van der Waals surface area contributed by atoms with Crippen molar-refractivity contribution in [3.63, 3.8) is 0 Å². The van der Waals surface area contributed by atoms with Crippen molar-refractivity contribution in [2.24, 2.45) is 0 Å². The van der Waals surface area contributed by atoms with Gasteiger partial charge in [-0.15, -0.1) is 0 Å². The van der Waals surface area contributed by atoms with E-state index in [2.05, 4.69) is 13.8 Å². The van der Waals surface area contributed by atoms with Gasteiger partial charge in [-0.25, -0.2) is 0 Å². The van der Waals surface area contributed by atoms with Crippen molar-refractivity contribution in [2.45, 2.75) is 293 Å². The van der Waals surface area contributed by atoms with E-state index >= 15 is 0 Å². The number of aliphatic hydroxyl groups is 7. The van der Waals surface area contributed by atoms with Crippen LogP contribution in [-0.2, 0) is 51.6 Å². The Morgan fingerprint density at radius 1 is 0.480 bits per heavy atom. The maximum absolute atomic E-state index is 12.9. The molecule has 0 aromatic rings. The Hall–Kier alpha value is -0.390. The fourth-order valence-corrected chi connectivity index (χ4v) is 9.91. The summed E-state index contributed by atoms with van der Waals surface area (Å²) in [6.45, 7) is 1.47. The van der Waals surface area contributed by atoms with Gasteiger partial charge in [-0.2, -0.15) is 0 Å². The van der Waals surface area contributed by atoms with Crippen LogP contribution in [0, 0.1) is 0 Å². The fourth-order valence-electron chi connectivity index (χ4n) is 9.13. The number of rotatable bonds is 48. The van der Waals surface area contributed by atoms with Crippen molar-refractivity contribution in [3.8, 4) is 0 Å². The molecule has 438 valence electrons. The Morgan fingerprint density at radius 3 is 1.31 bits per heavy atom. The normalized spacial score (nSPS) is 25.1. The van der Waals surface area contributed by atoms with Gasteiger partial charge in [0.1, 0.15) is 55.4 Å². The third-order valence-electron chi connectivity index (χ3n) is 13.9. The maximum Gasteiger partial charge on any atom is 1.00 e. The van der Waals surface area contributed by atoms with Crippen LogP contribution in [0.2, 0.25) is 0 Å². The molecule has 0 amide bonds. The summed E-state index contributed by atoms with van der Waals surface area (Å²) >= 11 is 0. The molecule has 0 aromatic heterocycles. The number of aliphatic hydroxyl groups excluding tert-OH is 7. The minimum atomic E-state index is -4.98. The van der Waals surface area contributed by atoms with Gasteiger partial charge in [0.25, 0.3) is 7.82 Å². The summed E-state index contributed by atoms with van der Waals surface area (Å²) in [6, 6.07) is 0. The topological polar surface area (TPSA) is 290 Å². The number of phosphoric ester groups is 1. The van der Waals surface area contributed by atoms with Crippen LogP contribution in [0.1, 0.15) is 226 Å². The summed E-state index contributed by atoms with van der Waals surface area (Å²) in [5.74, 6) is -1.04. The summed E-state index contributed by atoms with van der Waals surface area (Å²) in [6.07, 6.45) is 18.8. The number of hydrogen-bond donors (Lipinski definition) is 7. The second-order valence-corrected chi connectivity index (χ2v) is 22.0. The Bertz CT molecular complexity index is 1420. The molecule has 12 atom stereocenters. The molecule has 2 heterocycles. The van der Waals surface area contributed by atoms with E-state index in [0.717, 1.165) is 38.5 Å². The first-order valence-corrected chi connectivity index (χ1v) is 30.4. The predicted octanol–water partition coefficient (Wildman–Crippen LogP) is 4.50. The van der Waals surface area contributed by atoms with E-state index in [4.69, 9.17) is 37.5 Å². The zero-order valence-electron chi connectivity index (χ0n) is 46.4. The van der Waals surface area contributed by atoms with Crippen molar-refractivity contribution in [3.05, 3.63) is 0 Å². The summed E-state index contributed by atoms with van der Waals surface area (Å²) in [5, 5.41) is 71.1. The van der Waals surface area contributed by atoms with E-state index in [9.17, 15) is 54.8 Å². The van der Waals surface area contributed by atoms with Gasteiger partial charge in [0, 0.05) is 12.8 Å². The summed E-state index contributed by atoms with van der Waals surface area (Å²) in [7, 11) is -4.98. The number of carbonyl (C=O) groups excluding carboxylic acids is 2. The molecule has 0 aliphatic carbocycles. The largest absolute Gasteiger partial charge is 1.00 e. The van der Waals surface area contributed by atoms with Crippen molar-refractivity contribution < 1.29 is 122 Å². The summed E-state index contributed by atoms with van der Waals surface area (Å²) in [4.78, 5) is 38.4. The number of hydrogen-bond acceptors (Lipinski definition) is 19. The van der Waals surface area contributed by atoms with Crippen molar-refractivity contribution in [2.75, 3.05) is 39.6 Å². The molecule has 2 rings (SSSR count). The van der Waals surface area contributed by atoms with Crippen LogP contribution in [0.4, 0.5) is 0 Å². The summed E-state index contributed by atoms with van der Waals surface area (Å²) in [5.41, 5.74) is 0. The minimum absolute atomic E-state index is 0. The van der Waals surface area contributed by atoms with E-state index in [1.807, 2.05) is 0 Å². The third-order valence-corrected chi connectivity index (χ3v) is 14.8. The third kappa shape index (κ3) is 34.5. The minimum Gasteiger partial charge on any atom is -0.756 e. The van der Waals surface area contributed by atoms with E-state index < -0.39 is 120 Å². The average Bonchev–Trinajstić information content (AvgIpc) is 3.38. The van der Waals surface area contributed by atoms with Crippen LogP contribution >= 0.6 is 7.82 Å². The Balaban J connectivity index is 0.0000281. The van der Waals surface area contributed by atoms with Gasteiger partial charge in [-0.05, 0) is 19.3 Å². The molecule has 2 aliphatic rings. The molecular weight excluding hydrogens is 1010 g/mol. The number of unbranched alkanes of at least 4 members (excludes halogenated alkanes) is 28. The molecule has 1 unspecified atom stereocenters. The quantitative estimate of drug-likeness (QED) is 0.0191. The van der Waals surface area contributed by atoms with E-state index in [-0.39, 0.29) is 55.4 Å². The molecule has 2 saturated heterocycles. The van der Waals surface area contributed by atoms with Gasteiger partial charge in [-0.3, -0.25) is 14.2 Å². The average molecular weight is 1110 g/mol. The van der Waals surface area contributed by atoms with Crippen LogP contribution in [0.15, 0.2) is 0 Å². The molecule has 0 bridgehead atoms. The molecule has 2 fully saturated rings. The molecule has 21 heteroatoms. The van der Waals surface area contributed by atoms with Gasteiger partial charge < -0.3 is 78.1 Å². The smallest absolute Gasteiger partial charge is 0.756 e. The second-order valence-electron chi connectivity index (χ2n) is 20.5. The Labute approximate surface area is 472 Å². The Morgan fingerprint density at radius 2 is 0.867 bits per heavy atom. The number of phosphoric acid groups is 1. The van der Waals surface area contributed by atoms with Crippen LogP contribution in [-0.4, -0.2) is 155 Å². The van der Waals surface area contributed by atoms with Crippen molar-refractivity contribution >= 4 is 19.8 Å². The van der Waals surface area contributed by atoms with Crippen LogP contribution in [0.5, 0.6) is 0 Å². The zero-order chi connectivity index (χ0) is 54.2. The predicted molar refractivity (Wildman–Crippen MR) is 276 cm³/mol. The molecule has 0 spiro atoms. The fraction of sp³-hybridized carbons (Fsp3) is 0.963. The molecule has 0 radical (unpaired) electrons. The number of carbonyl (C=O) groups is 2. The second kappa shape index (κ2) is 46.2. The molecule has 7 N–H and O–H groups in total. The standard InChI is InChI=1S/C54H103O19P.Na/c1-3-5-7-9-11-13-15-17-19-21-23-25-27-29-31-34-45(56)67-39-42(71-46(57)35-32-30-28-26-24-22-20-18-16-14-12-10-8-6-4-2)40-70-74(64,65)69-37-33-36-66-53-51(62)50(61)48(59)44(73-53)41-68-54-52(63)49(60)47(58)43(38-55)72-54;/h42-44,47-55,58-63H,3-41H2,1-2H3,(H,64,65);/q;+1/p-1/t42-,43-,44-,47-,48-,49+,50+,51+,52+,53+,54+;/m1./s1. The summed E-state index contributed by atoms with van der Waals surface area (Å²) < 4.78 is 55.6. The van der Waals surface area contributed by atoms with E-state index in [0.29, 0.717) is 12.8 Å². The van der Waals surface area contributed by atoms with Crippen LogP contribution in [0.3, 0.4) is 0 Å². The molecule has 19 nitrogen and oxygen atoms in total. The zero-order valence-corrected chi connectivity index (χ0v) is 49.3. The Kier molecular flexibility index (Phi) is 44.8. The van der Waals surface area contributed by atoms with Gasteiger partial charge in [0.2, 0.25) is 0 Å². The molecule has 75 heavy (non-hydrogen) atoms. The molecule has 0 aromatic carbocycles. The first kappa shape index (κ1) is 72.6. The van der Waals surface area contributed by atoms with Crippen molar-refractivity contribution in [1.29, 1.82) is 0 Å². The van der Waals surface area contributed by atoms with Gasteiger partial charge in [0.15, 0.2) is 18.7 Å². The molecule has 0 saturated carbocycles. The molecular formula is C54H102NaO19P. The number of esters is 2. The maximum atomic E-state index is 12.9. The van der Waals surface area contributed by atoms with Gasteiger partial charge >= 0.3 is 41.5 Å². The SMILES string of the molecule is CCCCCCCCCCCCCCCCCC(=O)OC[C@H](COP(=O)([O-])OCCCO[C@H]1O[C@H](CO[C@H]2O[C@H](CO)[C@@H](O)[C@H](O)[C@@H]2O)[C@@H](O)[C@H](O)[C@@H]1O)OC(=O)CCCCCCCCCCCCCCCCC.[Na+]. The monoisotopic (exact) mass is 1110 g/mol. The van der Waals surface area contributed by atoms with Gasteiger partial charge in [-0.1, -0.05) is 194 Å². The van der Waals surface area contributed by atoms with Crippen LogP contribution < -0.4 is 34.5 Å². The van der Waals surface area contributed by atoms with E-state index in [1.54, 1.807) is 0 Å². The van der Waals surface area contributed by atoms with Crippen LogP contribution in [0.25, 0.3) is 0 Å². The first-order chi connectivity index (χ1) is 35.7. The van der Waals surface area contributed by atoms with Gasteiger partial charge in [0.05, 0.1) is 33.0 Å². The van der Waals surface area contributed by atoms with Crippen molar-refractivity contribution in [1.82, 2.24) is 0 Å². The molecule has 2 aliphatic heterocycles. The van der Waals surface area contributed by atoms with E-state index in [1.165, 1.54) is 141 Å². The first-order valence-electron chi connectivity index (χ1n) is 28.9. The number of ether oxygens (including phenoxy) is 6.